The summed E-state index contributed by atoms with van der Waals surface area (Å²) < 4.78 is 23.0. The van der Waals surface area contributed by atoms with Crippen molar-refractivity contribution in [3.05, 3.63) is 81.3 Å². The number of imidazole rings is 1. The van der Waals surface area contributed by atoms with Crippen molar-refractivity contribution in [1.82, 2.24) is 9.55 Å². The highest BCUT2D eigenvalue weighted by molar-refractivity contribution is 9.10. The predicted octanol–water partition coefficient (Wildman–Crippen LogP) is 6.35. The van der Waals surface area contributed by atoms with E-state index < -0.39 is 11.8 Å². The van der Waals surface area contributed by atoms with Crippen molar-refractivity contribution in [2.24, 2.45) is 0 Å². The van der Waals surface area contributed by atoms with E-state index in [1.807, 2.05) is 12.1 Å². The zero-order valence-corrected chi connectivity index (χ0v) is 21.3. The van der Waals surface area contributed by atoms with Crippen molar-refractivity contribution in [2.75, 3.05) is 23.6 Å². The normalized spacial score (nSPS) is 10.9. The molecular formula is C24H18BrCl2FN4O3. The summed E-state index contributed by atoms with van der Waals surface area (Å²) in [7, 11) is 1.22. The van der Waals surface area contributed by atoms with Crippen LogP contribution < -0.4 is 10.6 Å². The van der Waals surface area contributed by atoms with Crippen molar-refractivity contribution in [3.8, 4) is 0 Å². The number of hydrogen-bond donors (Lipinski definition) is 2. The SMILES string of the molecule is COC(=O)c1cc2c(ncn2Cc2ccc(NC(=O)CCl)cc2)c(F)c1Nc1ccc(Br)cc1Cl. The molecule has 0 radical (unpaired) electrons. The molecule has 1 heterocycles. The Bertz CT molecular complexity index is 1430. The smallest absolute Gasteiger partial charge is 0.340 e. The van der Waals surface area contributed by atoms with E-state index in [2.05, 4.69) is 31.5 Å². The first-order valence-electron chi connectivity index (χ1n) is 10.2. The Balaban J connectivity index is 1.71. The number of benzene rings is 3. The fraction of sp³-hybridized carbons (Fsp3) is 0.125. The van der Waals surface area contributed by atoms with Crippen LogP contribution in [-0.4, -0.2) is 34.4 Å². The summed E-state index contributed by atoms with van der Waals surface area (Å²) in [5.41, 5.74) is 2.30. The third kappa shape index (κ3) is 5.42. The molecule has 2 N–H and O–H groups in total. The third-order valence-electron chi connectivity index (χ3n) is 5.16. The van der Waals surface area contributed by atoms with Gasteiger partial charge in [0.1, 0.15) is 11.4 Å². The Kier molecular flexibility index (Phi) is 7.59. The zero-order valence-electron chi connectivity index (χ0n) is 18.2. The molecule has 4 aromatic rings. The molecule has 0 saturated heterocycles. The summed E-state index contributed by atoms with van der Waals surface area (Å²) in [6.45, 7) is 0.353. The van der Waals surface area contributed by atoms with Crippen LogP contribution >= 0.6 is 39.1 Å². The van der Waals surface area contributed by atoms with Crippen molar-refractivity contribution in [3.63, 3.8) is 0 Å². The molecule has 0 bridgehead atoms. The van der Waals surface area contributed by atoms with Crippen LogP contribution in [0.3, 0.4) is 0 Å². The second-order valence-corrected chi connectivity index (χ2v) is 9.06. The number of methoxy groups -OCH3 is 1. The monoisotopic (exact) mass is 578 g/mol. The van der Waals surface area contributed by atoms with Gasteiger partial charge in [-0.15, -0.1) is 11.6 Å². The molecular weight excluding hydrogens is 562 g/mol. The number of ether oxygens (including phenoxy) is 1. The zero-order chi connectivity index (χ0) is 25.1. The first-order chi connectivity index (χ1) is 16.8. The van der Waals surface area contributed by atoms with Crippen LogP contribution in [0.15, 0.2) is 59.3 Å². The van der Waals surface area contributed by atoms with Crippen LogP contribution in [0, 0.1) is 5.82 Å². The highest BCUT2D eigenvalue weighted by Gasteiger charge is 2.23. The number of nitrogens with one attached hydrogen (secondary N) is 2. The van der Waals surface area contributed by atoms with Gasteiger partial charge in [0.15, 0.2) is 5.82 Å². The number of aromatic nitrogens is 2. The van der Waals surface area contributed by atoms with Gasteiger partial charge >= 0.3 is 5.97 Å². The third-order valence-corrected chi connectivity index (χ3v) is 6.21. The molecule has 35 heavy (non-hydrogen) atoms. The van der Waals surface area contributed by atoms with Gasteiger partial charge in [0.25, 0.3) is 0 Å². The van der Waals surface area contributed by atoms with Crippen LogP contribution in [0.2, 0.25) is 5.02 Å². The summed E-state index contributed by atoms with van der Waals surface area (Å²) in [6, 6.07) is 13.7. The summed E-state index contributed by atoms with van der Waals surface area (Å²) >= 11 is 15.1. The molecule has 0 atom stereocenters. The van der Waals surface area contributed by atoms with Crippen LogP contribution in [0.4, 0.5) is 21.5 Å². The van der Waals surface area contributed by atoms with E-state index in [-0.39, 0.29) is 28.6 Å². The maximum atomic E-state index is 15.6. The molecule has 0 spiro atoms. The van der Waals surface area contributed by atoms with Crippen LogP contribution in [0.5, 0.6) is 0 Å². The van der Waals surface area contributed by atoms with Gasteiger partial charge in [-0.1, -0.05) is 39.7 Å². The number of nitrogens with zero attached hydrogens (tertiary/aromatic N) is 2. The Morgan fingerprint density at radius 1 is 1.17 bits per heavy atom. The number of amides is 1. The van der Waals surface area contributed by atoms with Crippen molar-refractivity contribution < 1.29 is 18.7 Å². The molecule has 0 saturated carbocycles. The molecule has 1 aromatic heterocycles. The molecule has 7 nitrogen and oxygen atoms in total. The van der Waals surface area contributed by atoms with Crippen molar-refractivity contribution in [2.45, 2.75) is 6.54 Å². The number of fused-ring (bicyclic) bond motifs is 1. The number of esters is 1. The minimum atomic E-state index is -0.714. The molecule has 0 fully saturated rings. The quantitative estimate of drug-likeness (QED) is 0.197. The number of carbonyl (C=O) groups excluding carboxylic acids is 2. The van der Waals surface area contributed by atoms with Crippen molar-refractivity contribution in [1.29, 1.82) is 0 Å². The standard InChI is InChI=1S/C24H18BrCl2FN4O3/c1-35-24(34)16-9-19-23(21(28)22(16)31-18-7-4-14(25)8-17(18)27)29-12-32(19)11-13-2-5-15(6-3-13)30-20(33)10-26/h2-9,12,31H,10-11H2,1H3,(H,30,33). The number of carbonyl (C=O) groups is 2. The Morgan fingerprint density at radius 2 is 1.91 bits per heavy atom. The van der Waals surface area contributed by atoms with Crippen LogP contribution in [-0.2, 0) is 16.1 Å². The van der Waals surface area contributed by atoms with Gasteiger partial charge in [0, 0.05) is 16.7 Å². The van der Waals surface area contributed by atoms with Gasteiger partial charge in [-0.3, -0.25) is 4.79 Å². The van der Waals surface area contributed by atoms with Gasteiger partial charge in [-0.05, 0) is 42.0 Å². The van der Waals surface area contributed by atoms with E-state index >= 15 is 4.39 Å². The second kappa shape index (κ2) is 10.6. The molecule has 0 aliphatic rings. The highest BCUT2D eigenvalue weighted by Crippen LogP contribution is 2.34. The van der Waals surface area contributed by atoms with E-state index in [0.717, 1.165) is 10.0 Å². The van der Waals surface area contributed by atoms with Gasteiger partial charge in [0.05, 0.1) is 40.9 Å². The van der Waals surface area contributed by atoms with Gasteiger partial charge in [0.2, 0.25) is 5.91 Å². The fourth-order valence-corrected chi connectivity index (χ4v) is 4.27. The lowest BCUT2D eigenvalue weighted by Gasteiger charge is -2.15. The lowest BCUT2D eigenvalue weighted by Crippen LogP contribution is -2.12. The molecule has 0 aliphatic heterocycles. The number of alkyl halides is 1. The summed E-state index contributed by atoms with van der Waals surface area (Å²) in [5.74, 6) is -1.87. The maximum absolute atomic E-state index is 15.6. The summed E-state index contributed by atoms with van der Waals surface area (Å²) in [5, 5.41) is 5.91. The molecule has 3 aromatic carbocycles. The molecule has 1 amide bonds. The maximum Gasteiger partial charge on any atom is 0.340 e. The van der Waals surface area contributed by atoms with Crippen molar-refractivity contribution >= 4 is 79.1 Å². The lowest BCUT2D eigenvalue weighted by atomic mass is 10.1. The van der Waals surface area contributed by atoms with E-state index in [4.69, 9.17) is 27.9 Å². The molecule has 0 unspecified atom stereocenters. The lowest BCUT2D eigenvalue weighted by molar-refractivity contribution is -0.113. The summed E-state index contributed by atoms with van der Waals surface area (Å²) in [6.07, 6.45) is 1.49. The first kappa shape index (κ1) is 25.0. The number of hydrogen-bond acceptors (Lipinski definition) is 5. The van der Waals surface area contributed by atoms with Crippen LogP contribution in [0.25, 0.3) is 11.0 Å². The van der Waals surface area contributed by atoms with Gasteiger partial charge < -0.3 is 19.9 Å². The predicted molar refractivity (Wildman–Crippen MR) is 138 cm³/mol. The Morgan fingerprint density at radius 3 is 2.57 bits per heavy atom. The van der Waals surface area contributed by atoms with E-state index in [1.165, 1.54) is 19.5 Å². The highest BCUT2D eigenvalue weighted by atomic mass is 79.9. The largest absolute Gasteiger partial charge is 0.465 e. The number of rotatable bonds is 7. The Labute approximate surface area is 218 Å². The minimum absolute atomic E-state index is 0.00243. The van der Waals surface area contributed by atoms with Gasteiger partial charge in [-0.25, -0.2) is 14.2 Å². The second-order valence-electron chi connectivity index (χ2n) is 7.47. The average molecular weight is 580 g/mol. The molecule has 11 heteroatoms. The van der Waals surface area contributed by atoms with E-state index in [1.54, 1.807) is 34.9 Å². The number of halogens is 4. The number of anilines is 3. The average Bonchev–Trinajstić information content (AvgIpc) is 3.25. The molecule has 180 valence electrons. The first-order valence-corrected chi connectivity index (χ1v) is 11.9. The van der Waals surface area contributed by atoms with E-state index in [9.17, 15) is 9.59 Å². The fourth-order valence-electron chi connectivity index (χ4n) is 3.49. The minimum Gasteiger partial charge on any atom is -0.465 e. The molecule has 0 aliphatic carbocycles. The van der Waals surface area contributed by atoms with Gasteiger partial charge in [-0.2, -0.15) is 0 Å². The van der Waals surface area contributed by atoms with E-state index in [0.29, 0.717) is 28.5 Å². The summed E-state index contributed by atoms with van der Waals surface area (Å²) in [4.78, 5) is 28.2. The molecule has 4 rings (SSSR count). The Hall–Kier alpha value is -3.14. The topological polar surface area (TPSA) is 85.2 Å². The van der Waals surface area contributed by atoms with Crippen LogP contribution in [0.1, 0.15) is 15.9 Å².